The van der Waals surface area contributed by atoms with Gasteiger partial charge in [-0.25, -0.2) is 4.98 Å². The molecule has 0 aliphatic heterocycles. The van der Waals surface area contributed by atoms with Crippen LogP contribution in [0.15, 0.2) is 6.33 Å². The van der Waals surface area contributed by atoms with Gasteiger partial charge in [-0.15, -0.1) is 0 Å². The molecule has 1 unspecified atom stereocenters. The summed E-state index contributed by atoms with van der Waals surface area (Å²) in [4.78, 5) is 16.6. The van der Waals surface area contributed by atoms with E-state index in [1.54, 1.807) is 6.92 Å². The van der Waals surface area contributed by atoms with E-state index in [0.29, 0.717) is 6.54 Å². The van der Waals surface area contributed by atoms with Crippen LogP contribution < -0.4 is 4.90 Å². The Balaban J connectivity index is 2.60. The standard InChI is InChI=1S/C8H13N3O2S/c1-3-11(4-6(2)7(12)13)8-9-5-10-14-8/h5-6H,3-4H2,1-2H3,(H,12,13). The highest BCUT2D eigenvalue weighted by atomic mass is 32.1. The second kappa shape index (κ2) is 4.90. The number of anilines is 1. The van der Waals surface area contributed by atoms with E-state index in [1.165, 1.54) is 17.9 Å². The van der Waals surface area contributed by atoms with E-state index < -0.39 is 5.97 Å². The van der Waals surface area contributed by atoms with Gasteiger partial charge in [-0.1, -0.05) is 6.92 Å². The van der Waals surface area contributed by atoms with E-state index in [0.717, 1.165) is 11.7 Å². The number of aromatic nitrogens is 2. The smallest absolute Gasteiger partial charge is 0.308 e. The summed E-state index contributed by atoms with van der Waals surface area (Å²) >= 11 is 1.28. The first-order valence-corrected chi connectivity index (χ1v) is 5.17. The van der Waals surface area contributed by atoms with Crippen LogP contribution >= 0.6 is 11.5 Å². The maximum atomic E-state index is 10.7. The Morgan fingerprint density at radius 2 is 2.50 bits per heavy atom. The maximum Gasteiger partial charge on any atom is 0.308 e. The van der Waals surface area contributed by atoms with E-state index in [2.05, 4.69) is 9.36 Å². The molecule has 0 saturated carbocycles. The lowest BCUT2D eigenvalue weighted by molar-refractivity contribution is -0.140. The molecule has 0 radical (unpaired) electrons. The molecule has 1 N–H and O–H groups in total. The largest absolute Gasteiger partial charge is 0.481 e. The van der Waals surface area contributed by atoms with E-state index in [4.69, 9.17) is 5.11 Å². The molecule has 0 aliphatic carbocycles. The van der Waals surface area contributed by atoms with Crippen LogP contribution in [-0.2, 0) is 4.79 Å². The maximum absolute atomic E-state index is 10.7. The van der Waals surface area contributed by atoms with Gasteiger partial charge in [-0.05, 0) is 6.92 Å². The molecule has 0 saturated heterocycles. The highest BCUT2D eigenvalue weighted by Gasteiger charge is 2.16. The highest BCUT2D eigenvalue weighted by molar-refractivity contribution is 7.09. The lowest BCUT2D eigenvalue weighted by Crippen LogP contribution is -2.31. The van der Waals surface area contributed by atoms with Crippen molar-refractivity contribution in [3.63, 3.8) is 0 Å². The zero-order valence-corrected chi connectivity index (χ0v) is 8.99. The fourth-order valence-electron chi connectivity index (χ4n) is 1.06. The summed E-state index contributed by atoms with van der Waals surface area (Å²) in [5.74, 6) is -1.17. The number of rotatable bonds is 5. The van der Waals surface area contributed by atoms with Crippen molar-refractivity contribution in [3.05, 3.63) is 6.33 Å². The van der Waals surface area contributed by atoms with E-state index in [-0.39, 0.29) is 5.92 Å². The molecule has 0 spiro atoms. The molecule has 6 heteroatoms. The van der Waals surface area contributed by atoms with Gasteiger partial charge >= 0.3 is 5.97 Å². The van der Waals surface area contributed by atoms with Gasteiger partial charge in [0, 0.05) is 24.6 Å². The van der Waals surface area contributed by atoms with E-state index in [9.17, 15) is 4.79 Å². The van der Waals surface area contributed by atoms with Gasteiger partial charge < -0.3 is 10.0 Å². The Bertz CT molecular complexity index is 289. The van der Waals surface area contributed by atoms with Crippen molar-refractivity contribution in [1.82, 2.24) is 9.36 Å². The summed E-state index contributed by atoms with van der Waals surface area (Å²) in [5.41, 5.74) is 0. The van der Waals surface area contributed by atoms with Crippen molar-refractivity contribution in [2.24, 2.45) is 5.92 Å². The molecule has 0 aromatic carbocycles. The minimum absolute atomic E-state index is 0.390. The topological polar surface area (TPSA) is 66.3 Å². The number of carboxylic acids is 1. The molecule has 1 aromatic rings. The summed E-state index contributed by atoms with van der Waals surface area (Å²) in [6.45, 7) is 4.87. The predicted molar refractivity (Wildman–Crippen MR) is 54.6 cm³/mol. The highest BCUT2D eigenvalue weighted by Crippen LogP contribution is 2.15. The fraction of sp³-hybridized carbons (Fsp3) is 0.625. The van der Waals surface area contributed by atoms with Crippen LogP contribution in [0.1, 0.15) is 13.8 Å². The summed E-state index contributed by atoms with van der Waals surface area (Å²) in [5, 5.41) is 9.54. The van der Waals surface area contributed by atoms with Crippen LogP contribution in [0.2, 0.25) is 0 Å². The van der Waals surface area contributed by atoms with Crippen LogP contribution in [-0.4, -0.2) is 33.5 Å². The molecule has 14 heavy (non-hydrogen) atoms. The number of aliphatic carboxylic acids is 1. The minimum atomic E-state index is -0.784. The lowest BCUT2D eigenvalue weighted by atomic mass is 10.2. The molecular formula is C8H13N3O2S. The third-order valence-corrected chi connectivity index (χ3v) is 2.64. The van der Waals surface area contributed by atoms with Crippen LogP contribution in [0.25, 0.3) is 0 Å². The SMILES string of the molecule is CCN(CC(C)C(=O)O)c1ncns1. The second-order valence-electron chi connectivity index (χ2n) is 3.00. The van der Waals surface area contributed by atoms with Gasteiger partial charge in [0.2, 0.25) is 5.13 Å². The Labute approximate surface area is 86.6 Å². The molecule has 1 rings (SSSR count). The molecule has 0 bridgehead atoms. The summed E-state index contributed by atoms with van der Waals surface area (Å²) in [6.07, 6.45) is 1.48. The van der Waals surface area contributed by atoms with Crippen molar-refractivity contribution in [2.45, 2.75) is 13.8 Å². The summed E-state index contributed by atoms with van der Waals surface area (Å²) < 4.78 is 3.88. The van der Waals surface area contributed by atoms with Gasteiger partial charge in [0.15, 0.2) is 0 Å². The number of hydrogen-bond acceptors (Lipinski definition) is 5. The third-order valence-electron chi connectivity index (χ3n) is 1.92. The molecule has 1 heterocycles. The van der Waals surface area contributed by atoms with Crippen LogP contribution in [0.5, 0.6) is 0 Å². The second-order valence-corrected chi connectivity index (χ2v) is 3.76. The van der Waals surface area contributed by atoms with Crippen molar-refractivity contribution in [2.75, 3.05) is 18.0 Å². The first kappa shape index (κ1) is 10.9. The Kier molecular flexibility index (Phi) is 3.82. The quantitative estimate of drug-likeness (QED) is 0.796. The van der Waals surface area contributed by atoms with Crippen LogP contribution in [0.4, 0.5) is 5.13 Å². The normalized spacial score (nSPS) is 12.4. The molecule has 1 atom stereocenters. The Hall–Kier alpha value is -1.17. The van der Waals surface area contributed by atoms with E-state index >= 15 is 0 Å². The van der Waals surface area contributed by atoms with Crippen molar-refractivity contribution in [1.29, 1.82) is 0 Å². The van der Waals surface area contributed by atoms with Gasteiger partial charge in [-0.3, -0.25) is 4.79 Å². The van der Waals surface area contributed by atoms with Gasteiger partial charge in [0.25, 0.3) is 0 Å². The van der Waals surface area contributed by atoms with Gasteiger partial charge in [-0.2, -0.15) is 4.37 Å². The number of nitrogens with zero attached hydrogens (tertiary/aromatic N) is 3. The number of hydrogen-bond donors (Lipinski definition) is 1. The molecule has 5 nitrogen and oxygen atoms in total. The fourth-order valence-corrected chi connectivity index (χ4v) is 1.66. The average molecular weight is 215 g/mol. The lowest BCUT2D eigenvalue weighted by Gasteiger charge is -2.21. The zero-order chi connectivity index (χ0) is 10.6. The number of carbonyl (C=O) groups is 1. The molecule has 0 amide bonds. The van der Waals surface area contributed by atoms with E-state index in [1.807, 2.05) is 11.8 Å². The zero-order valence-electron chi connectivity index (χ0n) is 8.17. The van der Waals surface area contributed by atoms with Crippen LogP contribution in [0, 0.1) is 5.92 Å². The molecule has 0 fully saturated rings. The van der Waals surface area contributed by atoms with Gasteiger partial charge in [0.1, 0.15) is 6.33 Å². The molecule has 0 aliphatic rings. The molecular weight excluding hydrogens is 202 g/mol. The van der Waals surface area contributed by atoms with Gasteiger partial charge in [0.05, 0.1) is 5.92 Å². The third kappa shape index (κ3) is 2.66. The number of carboxylic acid groups (broad SMARTS) is 1. The van der Waals surface area contributed by atoms with Crippen LogP contribution in [0.3, 0.4) is 0 Å². The monoisotopic (exact) mass is 215 g/mol. The molecule has 78 valence electrons. The van der Waals surface area contributed by atoms with Crippen molar-refractivity contribution < 1.29 is 9.90 Å². The van der Waals surface area contributed by atoms with Crippen molar-refractivity contribution in [3.8, 4) is 0 Å². The summed E-state index contributed by atoms with van der Waals surface area (Å²) in [7, 11) is 0. The predicted octanol–water partition coefficient (Wildman–Crippen LogP) is 1.09. The first-order valence-electron chi connectivity index (χ1n) is 4.39. The summed E-state index contributed by atoms with van der Waals surface area (Å²) in [6, 6.07) is 0. The Morgan fingerprint density at radius 1 is 1.79 bits per heavy atom. The first-order chi connectivity index (χ1) is 6.65. The van der Waals surface area contributed by atoms with Crippen molar-refractivity contribution >= 4 is 22.6 Å². The minimum Gasteiger partial charge on any atom is -0.481 e. The molecule has 1 aromatic heterocycles. The average Bonchev–Trinajstić information content (AvgIpc) is 2.66. The Morgan fingerprint density at radius 3 is 2.93 bits per heavy atom.